The lowest BCUT2D eigenvalue weighted by atomic mass is 9.99. The van der Waals surface area contributed by atoms with Crippen molar-refractivity contribution in [2.75, 3.05) is 18.2 Å². The molecule has 0 saturated heterocycles. The van der Waals surface area contributed by atoms with Crippen LogP contribution in [0.5, 0.6) is 5.75 Å². The van der Waals surface area contributed by atoms with Crippen LogP contribution in [-0.2, 0) is 0 Å². The molecule has 0 bridgehead atoms. The zero-order chi connectivity index (χ0) is 30.8. The van der Waals surface area contributed by atoms with Gasteiger partial charge in [0.05, 0.1) is 18.5 Å². The maximum absolute atomic E-state index is 15.1. The van der Waals surface area contributed by atoms with Crippen LogP contribution >= 0.6 is 22.7 Å². The summed E-state index contributed by atoms with van der Waals surface area (Å²) in [4.78, 5) is 32.3. The molecule has 3 aromatic heterocycles. The van der Waals surface area contributed by atoms with Crippen LogP contribution < -0.4 is 15.8 Å². The highest BCUT2D eigenvalue weighted by molar-refractivity contribution is 7.21. The summed E-state index contributed by atoms with van der Waals surface area (Å²) in [5.74, 6) is -1.47. The third-order valence-corrected chi connectivity index (χ3v) is 8.82. The first-order chi connectivity index (χ1) is 21.3. The van der Waals surface area contributed by atoms with Gasteiger partial charge in [0.1, 0.15) is 27.1 Å². The minimum atomic E-state index is -0.769. The van der Waals surface area contributed by atoms with E-state index in [2.05, 4.69) is 5.32 Å². The Balaban J connectivity index is 1.34. The number of nitrogens with two attached hydrogens (primary N) is 1. The summed E-state index contributed by atoms with van der Waals surface area (Å²) in [6.45, 7) is 0. The van der Waals surface area contributed by atoms with E-state index >= 15 is 4.39 Å². The van der Waals surface area contributed by atoms with Gasteiger partial charge in [-0.15, -0.1) is 22.7 Å². The van der Waals surface area contributed by atoms with Gasteiger partial charge < -0.3 is 15.8 Å². The normalized spacial score (nSPS) is 11.2. The number of fused-ring (bicyclic) bond motifs is 1. The highest BCUT2D eigenvalue weighted by Gasteiger charge is 2.23. The van der Waals surface area contributed by atoms with Crippen molar-refractivity contribution < 1.29 is 23.1 Å². The molecule has 218 valence electrons. The molecular weight excluding hydrogens is 601 g/mol. The number of thiophene rings is 2. The average molecular weight is 624 g/mol. The monoisotopic (exact) mass is 623 g/mol. The third kappa shape index (κ3) is 5.85. The largest absolute Gasteiger partial charge is 0.497 e. The molecule has 0 spiro atoms. The van der Waals surface area contributed by atoms with E-state index in [1.165, 1.54) is 29.5 Å². The molecule has 3 heterocycles. The second-order valence-corrected chi connectivity index (χ2v) is 11.7. The van der Waals surface area contributed by atoms with Crippen LogP contribution in [-0.4, -0.2) is 23.8 Å². The SMILES string of the molecule is COc1ccc(-c2cc(-c3ccc(F)cc3F)c3c(N)c(C(=O)Nc4ccc(C(=O)C=Cc5cccs5)cc4)sc3n2)cc1. The predicted octanol–water partition coefficient (Wildman–Crippen LogP) is 8.71. The Morgan fingerprint density at radius 1 is 0.955 bits per heavy atom. The zero-order valence-electron chi connectivity index (χ0n) is 23.1. The van der Waals surface area contributed by atoms with Crippen molar-refractivity contribution in [2.24, 2.45) is 0 Å². The first-order valence-corrected chi connectivity index (χ1v) is 15.0. The molecule has 0 atom stereocenters. The topological polar surface area (TPSA) is 94.3 Å². The van der Waals surface area contributed by atoms with Crippen molar-refractivity contribution in [3.8, 4) is 28.1 Å². The van der Waals surface area contributed by atoms with Crippen LogP contribution in [0.3, 0.4) is 0 Å². The summed E-state index contributed by atoms with van der Waals surface area (Å²) in [7, 11) is 1.56. The van der Waals surface area contributed by atoms with Gasteiger partial charge in [-0.1, -0.05) is 6.07 Å². The van der Waals surface area contributed by atoms with Crippen molar-refractivity contribution in [3.05, 3.63) is 123 Å². The number of benzene rings is 3. The number of halogens is 2. The van der Waals surface area contributed by atoms with E-state index in [1.54, 1.807) is 55.7 Å². The molecule has 0 aliphatic heterocycles. The molecular formula is C34H23F2N3O3S2. The number of ether oxygens (including phenoxy) is 1. The summed E-state index contributed by atoms with van der Waals surface area (Å²) in [5, 5.41) is 5.14. The highest BCUT2D eigenvalue weighted by atomic mass is 32.1. The number of carbonyl (C=O) groups is 2. The number of nitrogens with one attached hydrogen (secondary N) is 1. The summed E-state index contributed by atoms with van der Waals surface area (Å²) in [5.41, 5.74) is 9.33. The van der Waals surface area contributed by atoms with Crippen LogP contribution in [0.4, 0.5) is 20.2 Å². The number of ketones is 1. The molecule has 3 aromatic carbocycles. The molecule has 6 nitrogen and oxygen atoms in total. The molecule has 1 amide bonds. The highest BCUT2D eigenvalue weighted by Crippen LogP contribution is 2.42. The van der Waals surface area contributed by atoms with Crippen LogP contribution in [0.25, 0.3) is 38.7 Å². The second kappa shape index (κ2) is 12.2. The zero-order valence-corrected chi connectivity index (χ0v) is 24.8. The lowest BCUT2D eigenvalue weighted by Crippen LogP contribution is -2.12. The van der Waals surface area contributed by atoms with Crippen molar-refractivity contribution in [1.82, 2.24) is 4.98 Å². The van der Waals surface area contributed by atoms with Crippen molar-refractivity contribution in [1.29, 1.82) is 0 Å². The van der Waals surface area contributed by atoms with E-state index in [1.807, 2.05) is 29.6 Å². The van der Waals surface area contributed by atoms with Crippen molar-refractivity contribution in [3.63, 3.8) is 0 Å². The van der Waals surface area contributed by atoms with E-state index in [9.17, 15) is 14.0 Å². The minimum Gasteiger partial charge on any atom is -0.497 e. The summed E-state index contributed by atoms with van der Waals surface area (Å²) >= 11 is 2.60. The Kier molecular flexibility index (Phi) is 8.01. The number of aromatic nitrogens is 1. The Morgan fingerprint density at radius 3 is 2.41 bits per heavy atom. The maximum atomic E-state index is 15.1. The fraction of sp³-hybridized carbons (Fsp3) is 0.0294. The smallest absolute Gasteiger partial charge is 0.267 e. The number of pyridine rings is 1. The minimum absolute atomic E-state index is 0.124. The van der Waals surface area contributed by atoms with E-state index in [0.29, 0.717) is 38.5 Å². The van der Waals surface area contributed by atoms with Crippen LogP contribution in [0, 0.1) is 11.6 Å². The first-order valence-electron chi connectivity index (χ1n) is 13.3. The lowest BCUT2D eigenvalue weighted by molar-refractivity contribution is 0.102. The van der Waals surface area contributed by atoms with Gasteiger partial charge in [0, 0.05) is 38.7 Å². The Morgan fingerprint density at radius 2 is 1.73 bits per heavy atom. The maximum Gasteiger partial charge on any atom is 0.267 e. The quantitative estimate of drug-likeness (QED) is 0.131. The number of nitrogens with zero attached hydrogens (tertiary/aromatic N) is 1. The average Bonchev–Trinajstić information content (AvgIpc) is 3.68. The molecule has 10 heteroatoms. The number of nitrogen functional groups attached to an aromatic ring is 1. The van der Waals surface area contributed by atoms with Gasteiger partial charge in [-0.3, -0.25) is 9.59 Å². The third-order valence-electron chi connectivity index (χ3n) is 6.88. The fourth-order valence-electron chi connectivity index (χ4n) is 4.67. The standard InChI is InChI=1S/C34H23F2N3O3S2/c1-42-23-11-6-19(7-12-23)28-18-26(25-14-8-21(35)17-27(25)36)30-31(37)32(44-34(30)39-28)33(41)38-22-9-4-20(5-10-22)29(40)15-13-24-3-2-16-43-24/h2-18H,37H2,1H3,(H,38,41). The fourth-order valence-corrected chi connectivity index (χ4v) is 6.30. The van der Waals surface area contributed by atoms with E-state index in [-0.39, 0.29) is 21.9 Å². The summed E-state index contributed by atoms with van der Waals surface area (Å²) in [6, 6.07) is 22.5. The molecule has 44 heavy (non-hydrogen) atoms. The van der Waals surface area contributed by atoms with Gasteiger partial charge in [0.2, 0.25) is 0 Å². The van der Waals surface area contributed by atoms with E-state index in [0.717, 1.165) is 27.8 Å². The summed E-state index contributed by atoms with van der Waals surface area (Å²) in [6.07, 6.45) is 3.26. The lowest BCUT2D eigenvalue weighted by Gasteiger charge is -2.10. The number of hydrogen-bond donors (Lipinski definition) is 2. The number of carbonyl (C=O) groups excluding carboxylic acids is 2. The molecule has 0 unspecified atom stereocenters. The predicted molar refractivity (Wildman–Crippen MR) is 173 cm³/mol. The van der Waals surface area contributed by atoms with E-state index in [4.69, 9.17) is 15.5 Å². The van der Waals surface area contributed by atoms with Crippen molar-refractivity contribution in [2.45, 2.75) is 0 Å². The van der Waals surface area contributed by atoms with Gasteiger partial charge in [-0.25, -0.2) is 13.8 Å². The van der Waals surface area contributed by atoms with Gasteiger partial charge in [0.15, 0.2) is 5.78 Å². The van der Waals surface area contributed by atoms with Crippen LogP contribution in [0.1, 0.15) is 24.9 Å². The number of anilines is 2. The molecule has 3 N–H and O–H groups in total. The van der Waals surface area contributed by atoms with Gasteiger partial charge in [-0.2, -0.15) is 0 Å². The van der Waals surface area contributed by atoms with Crippen LogP contribution in [0.2, 0.25) is 0 Å². The van der Waals surface area contributed by atoms with Crippen molar-refractivity contribution >= 4 is 62.0 Å². The number of amides is 1. The van der Waals surface area contributed by atoms with Gasteiger partial charge in [0.25, 0.3) is 5.91 Å². The number of hydrogen-bond acceptors (Lipinski definition) is 7. The molecule has 6 rings (SSSR count). The Hall–Kier alpha value is -5.19. The molecule has 0 fully saturated rings. The van der Waals surface area contributed by atoms with Gasteiger partial charge in [-0.05, 0) is 95.9 Å². The second-order valence-electron chi connectivity index (χ2n) is 9.68. The molecule has 0 radical (unpaired) electrons. The molecule has 0 saturated carbocycles. The Labute approximate surface area is 259 Å². The molecule has 0 aliphatic carbocycles. The molecule has 6 aromatic rings. The van der Waals surface area contributed by atoms with E-state index < -0.39 is 17.5 Å². The summed E-state index contributed by atoms with van der Waals surface area (Å²) < 4.78 is 34.1. The van der Waals surface area contributed by atoms with Gasteiger partial charge >= 0.3 is 0 Å². The number of rotatable bonds is 8. The Bertz CT molecular complexity index is 2040. The number of allylic oxidation sites excluding steroid dienone is 1. The number of methoxy groups -OCH3 is 1. The van der Waals surface area contributed by atoms with Crippen LogP contribution in [0.15, 0.2) is 96.4 Å². The first kappa shape index (κ1) is 28.9. The molecule has 0 aliphatic rings.